The van der Waals surface area contributed by atoms with Crippen molar-refractivity contribution in [3.05, 3.63) is 18.0 Å². The van der Waals surface area contributed by atoms with Gasteiger partial charge in [0.25, 0.3) is 0 Å². The Hall–Kier alpha value is -1.32. The van der Waals surface area contributed by atoms with Crippen molar-refractivity contribution in [2.45, 2.75) is 45.4 Å². The van der Waals surface area contributed by atoms with Crippen LogP contribution in [0.1, 0.15) is 44.7 Å². The summed E-state index contributed by atoms with van der Waals surface area (Å²) in [6.07, 6.45) is 7.32. The molecule has 0 amide bonds. The van der Waals surface area contributed by atoms with Crippen LogP contribution >= 0.6 is 0 Å². The molecule has 1 aliphatic carbocycles. The number of hydrogen-bond donors (Lipinski definition) is 1. The van der Waals surface area contributed by atoms with E-state index in [9.17, 15) is 9.90 Å². The van der Waals surface area contributed by atoms with Gasteiger partial charge in [0, 0.05) is 19.7 Å². The van der Waals surface area contributed by atoms with Gasteiger partial charge in [-0.2, -0.15) is 5.10 Å². The molecule has 1 aromatic rings. The number of hydrogen-bond acceptors (Lipinski definition) is 2. The first-order valence-electron chi connectivity index (χ1n) is 6.77. The lowest BCUT2D eigenvalue weighted by Crippen LogP contribution is -2.38. The number of nitrogens with zero attached hydrogens (tertiary/aromatic N) is 2. The van der Waals surface area contributed by atoms with Crippen molar-refractivity contribution in [1.29, 1.82) is 0 Å². The highest BCUT2D eigenvalue weighted by Gasteiger charge is 2.42. The molecule has 1 aliphatic rings. The van der Waals surface area contributed by atoms with Crippen LogP contribution in [0, 0.1) is 11.3 Å². The van der Waals surface area contributed by atoms with Gasteiger partial charge < -0.3 is 5.11 Å². The maximum Gasteiger partial charge on any atom is 0.310 e. The lowest BCUT2D eigenvalue weighted by atomic mass is 9.66. The van der Waals surface area contributed by atoms with Crippen LogP contribution in [0.15, 0.2) is 12.3 Å². The molecule has 1 fully saturated rings. The molecule has 0 saturated heterocycles. The molecule has 1 saturated carbocycles. The van der Waals surface area contributed by atoms with E-state index in [0.717, 1.165) is 31.4 Å². The Morgan fingerprint density at radius 3 is 3.00 bits per heavy atom. The van der Waals surface area contributed by atoms with Crippen molar-refractivity contribution < 1.29 is 9.90 Å². The van der Waals surface area contributed by atoms with Gasteiger partial charge in [0.05, 0.1) is 11.1 Å². The summed E-state index contributed by atoms with van der Waals surface area (Å²) >= 11 is 0. The van der Waals surface area contributed by atoms with Crippen molar-refractivity contribution in [2.75, 3.05) is 0 Å². The van der Waals surface area contributed by atoms with Gasteiger partial charge in [0.2, 0.25) is 0 Å². The van der Waals surface area contributed by atoms with Crippen molar-refractivity contribution in [3.63, 3.8) is 0 Å². The molecule has 0 aliphatic heterocycles. The summed E-state index contributed by atoms with van der Waals surface area (Å²) in [6, 6.07) is 1.93. The molecule has 2 rings (SSSR count). The van der Waals surface area contributed by atoms with Crippen LogP contribution in [0.3, 0.4) is 0 Å². The molecule has 4 nitrogen and oxygen atoms in total. The van der Waals surface area contributed by atoms with Crippen LogP contribution in [-0.2, 0) is 18.3 Å². The topological polar surface area (TPSA) is 55.1 Å². The summed E-state index contributed by atoms with van der Waals surface area (Å²) in [7, 11) is 1.87. The van der Waals surface area contributed by atoms with Gasteiger partial charge in [-0.3, -0.25) is 9.48 Å². The monoisotopic (exact) mass is 250 g/mol. The first-order valence-corrected chi connectivity index (χ1v) is 6.77. The lowest BCUT2D eigenvalue weighted by molar-refractivity contribution is -0.152. The largest absolute Gasteiger partial charge is 0.481 e. The zero-order valence-electron chi connectivity index (χ0n) is 11.2. The molecule has 0 aromatic carbocycles. The van der Waals surface area contributed by atoms with Crippen molar-refractivity contribution in [2.24, 2.45) is 18.4 Å². The quantitative estimate of drug-likeness (QED) is 0.893. The summed E-state index contributed by atoms with van der Waals surface area (Å²) in [5, 5.41) is 14.0. The van der Waals surface area contributed by atoms with E-state index in [4.69, 9.17) is 0 Å². The van der Waals surface area contributed by atoms with E-state index in [2.05, 4.69) is 12.0 Å². The molecule has 100 valence electrons. The van der Waals surface area contributed by atoms with Gasteiger partial charge in [0.15, 0.2) is 0 Å². The summed E-state index contributed by atoms with van der Waals surface area (Å²) in [6.45, 7) is 2.16. The second kappa shape index (κ2) is 5.12. The third-order valence-corrected chi connectivity index (χ3v) is 4.27. The summed E-state index contributed by atoms with van der Waals surface area (Å²) in [4.78, 5) is 11.7. The molecule has 18 heavy (non-hydrogen) atoms. The Kier molecular flexibility index (Phi) is 3.73. The predicted molar refractivity (Wildman–Crippen MR) is 69.2 cm³/mol. The summed E-state index contributed by atoms with van der Waals surface area (Å²) in [5.74, 6) is -0.0927. The highest BCUT2D eigenvalue weighted by molar-refractivity contribution is 5.75. The van der Waals surface area contributed by atoms with Crippen molar-refractivity contribution >= 4 is 5.97 Å². The average Bonchev–Trinajstić information content (AvgIpc) is 2.74. The van der Waals surface area contributed by atoms with Crippen LogP contribution < -0.4 is 0 Å². The minimum Gasteiger partial charge on any atom is -0.481 e. The maximum atomic E-state index is 11.7. The van der Waals surface area contributed by atoms with Gasteiger partial charge in [-0.25, -0.2) is 0 Å². The molecule has 1 N–H and O–H groups in total. The standard InChI is InChI=1S/C14H22N2O2/c1-3-11-5-4-7-14(9-11,13(17)18)10-12-6-8-16(2)15-12/h6,8,11H,3-5,7,9-10H2,1-2H3,(H,17,18). The Bertz CT molecular complexity index is 427. The van der Waals surface area contributed by atoms with Gasteiger partial charge in [-0.05, 0) is 24.8 Å². The average molecular weight is 250 g/mol. The molecular weight excluding hydrogens is 228 g/mol. The third-order valence-electron chi connectivity index (χ3n) is 4.27. The summed E-state index contributed by atoms with van der Waals surface area (Å²) in [5.41, 5.74) is 0.310. The molecule has 0 radical (unpaired) electrons. The highest BCUT2D eigenvalue weighted by Crippen LogP contribution is 2.43. The number of rotatable bonds is 4. The fourth-order valence-electron chi connectivity index (χ4n) is 3.17. The minimum absolute atomic E-state index is 0.554. The number of carboxylic acids is 1. The Morgan fingerprint density at radius 1 is 1.67 bits per heavy atom. The van der Waals surface area contributed by atoms with E-state index in [1.165, 1.54) is 6.42 Å². The lowest BCUT2D eigenvalue weighted by Gasteiger charge is -2.37. The van der Waals surface area contributed by atoms with Crippen LogP contribution in [0.25, 0.3) is 0 Å². The van der Waals surface area contributed by atoms with E-state index in [1.54, 1.807) is 4.68 Å². The van der Waals surface area contributed by atoms with E-state index < -0.39 is 11.4 Å². The number of aliphatic carboxylic acids is 1. The Labute approximate surface area is 108 Å². The smallest absolute Gasteiger partial charge is 0.310 e. The molecular formula is C14H22N2O2. The van der Waals surface area contributed by atoms with Crippen LogP contribution in [0.2, 0.25) is 0 Å². The van der Waals surface area contributed by atoms with E-state index in [1.807, 2.05) is 19.3 Å². The first-order chi connectivity index (χ1) is 8.55. The van der Waals surface area contributed by atoms with Crippen LogP contribution in [-0.4, -0.2) is 20.9 Å². The first kappa shape index (κ1) is 13.1. The van der Waals surface area contributed by atoms with Gasteiger partial charge in [0.1, 0.15) is 0 Å². The molecule has 1 heterocycles. The maximum absolute atomic E-state index is 11.7. The number of carbonyl (C=O) groups is 1. The van der Waals surface area contributed by atoms with E-state index in [0.29, 0.717) is 12.3 Å². The van der Waals surface area contributed by atoms with Crippen LogP contribution in [0.4, 0.5) is 0 Å². The van der Waals surface area contributed by atoms with Gasteiger partial charge in [-0.15, -0.1) is 0 Å². The molecule has 2 unspecified atom stereocenters. The van der Waals surface area contributed by atoms with Gasteiger partial charge in [-0.1, -0.05) is 26.2 Å². The second-order valence-corrected chi connectivity index (χ2v) is 5.61. The number of aryl methyl sites for hydroxylation is 1. The number of aromatic nitrogens is 2. The zero-order chi connectivity index (χ0) is 13.2. The van der Waals surface area contributed by atoms with E-state index >= 15 is 0 Å². The minimum atomic E-state index is -0.647. The van der Waals surface area contributed by atoms with Crippen molar-refractivity contribution in [1.82, 2.24) is 9.78 Å². The van der Waals surface area contributed by atoms with Gasteiger partial charge >= 0.3 is 5.97 Å². The Morgan fingerprint density at radius 2 is 2.44 bits per heavy atom. The highest BCUT2D eigenvalue weighted by atomic mass is 16.4. The Balaban J connectivity index is 2.18. The predicted octanol–water partition coefficient (Wildman–Crippen LogP) is 2.63. The fraction of sp³-hybridized carbons (Fsp3) is 0.714. The molecule has 0 bridgehead atoms. The number of carboxylic acid groups (broad SMARTS) is 1. The normalized spacial score (nSPS) is 28.2. The SMILES string of the molecule is CCC1CCCC(Cc2ccn(C)n2)(C(=O)O)C1. The van der Waals surface area contributed by atoms with E-state index in [-0.39, 0.29) is 0 Å². The second-order valence-electron chi connectivity index (χ2n) is 5.61. The molecule has 2 atom stereocenters. The fourth-order valence-corrected chi connectivity index (χ4v) is 3.17. The molecule has 0 spiro atoms. The van der Waals surface area contributed by atoms with Crippen LogP contribution in [0.5, 0.6) is 0 Å². The summed E-state index contributed by atoms with van der Waals surface area (Å²) < 4.78 is 1.74. The molecule has 4 heteroatoms. The van der Waals surface area contributed by atoms with Crippen molar-refractivity contribution in [3.8, 4) is 0 Å². The third kappa shape index (κ3) is 2.57. The zero-order valence-corrected chi connectivity index (χ0v) is 11.2. The molecule has 1 aromatic heterocycles.